The molecule has 4 nitrogen and oxygen atoms in total. The van der Waals surface area contributed by atoms with E-state index in [9.17, 15) is 8.42 Å². The third-order valence-electron chi connectivity index (χ3n) is 5.63. The Hall–Kier alpha value is -3.06. The molecule has 0 fully saturated rings. The zero-order chi connectivity index (χ0) is 24.7. The highest BCUT2D eigenvalue weighted by Crippen LogP contribution is 2.68. The van der Waals surface area contributed by atoms with Crippen LogP contribution >= 0.6 is 10.3 Å². The fourth-order valence-corrected chi connectivity index (χ4v) is 9.22. The van der Waals surface area contributed by atoms with Crippen LogP contribution in [0.3, 0.4) is 0 Å². The molecule has 1 N–H and O–H groups in total. The lowest BCUT2D eigenvalue weighted by atomic mass is 10.2. The van der Waals surface area contributed by atoms with Crippen molar-refractivity contribution in [2.45, 2.75) is 46.3 Å². The number of hydrogen-bond acceptors (Lipinski definition) is 3. The van der Waals surface area contributed by atoms with Crippen LogP contribution in [0.5, 0.6) is 5.75 Å². The Morgan fingerprint density at radius 3 is 1.66 bits per heavy atom. The van der Waals surface area contributed by atoms with Crippen molar-refractivity contribution in [3.63, 3.8) is 0 Å². The molecule has 0 spiro atoms. The molecule has 0 aliphatic heterocycles. The predicted molar refractivity (Wildman–Crippen MR) is 143 cm³/mol. The van der Waals surface area contributed by atoms with Crippen molar-refractivity contribution in [2.24, 2.45) is 0 Å². The Labute approximate surface area is 210 Å². The van der Waals surface area contributed by atoms with Gasteiger partial charge in [0, 0.05) is 0 Å². The maximum absolute atomic E-state index is 13.7. The topological polar surface area (TPSA) is 56.2 Å². The summed E-state index contributed by atoms with van der Waals surface area (Å²) >= 11 is 0. The van der Waals surface area contributed by atoms with Crippen molar-refractivity contribution in [3.05, 3.63) is 115 Å². The molecule has 182 valence electrons. The van der Waals surface area contributed by atoms with Crippen LogP contribution in [-0.2, 0) is 10.1 Å². The van der Waals surface area contributed by atoms with Crippen molar-refractivity contribution in [1.29, 1.82) is 0 Å². The SMILES string of the molecule is CCCCOc1ccc(S([OH+]S(=O)(=O)c2ccc(C)cc2)(c2ccccc2)c2ccccc2)cc1. The van der Waals surface area contributed by atoms with Crippen LogP contribution in [0.4, 0.5) is 0 Å². The summed E-state index contributed by atoms with van der Waals surface area (Å²) < 4.78 is 38.1. The van der Waals surface area contributed by atoms with Crippen molar-refractivity contribution >= 4 is 20.4 Å². The van der Waals surface area contributed by atoms with Crippen LogP contribution in [0.15, 0.2) is 129 Å². The van der Waals surface area contributed by atoms with E-state index in [4.69, 9.17) is 8.37 Å². The molecule has 0 bridgehead atoms. The lowest BCUT2D eigenvalue weighted by molar-refractivity contribution is 0.309. The summed E-state index contributed by atoms with van der Waals surface area (Å²) in [4.78, 5) is 2.71. The first-order chi connectivity index (χ1) is 17.0. The van der Waals surface area contributed by atoms with Gasteiger partial charge in [-0.3, -0.25) is 3.63 Å². The molecule has 4 rings (SSSR count). The van der Waals surface area contributed by atoms with Gasteiger partial charge in [-0.25, -0.2) is 0 Å². The molecule has 0 aromatic heterocycles. The van der Waals surface area contributed by atoms with Gasteiger partial charge in [0.15, 0.2) is 0 Å². The van der Waals surface area contributed by atoms with Gasteiger partial charge in [-0.2, -0.15) is 0 Å². The second kappa shape index (κ2) is 11.1. The van der Waals surface area contributed by atoms with Gasteiger partial charge in [0.05, 0.1) is 31.6 Å². The van der Waals surface area contributed by atoms with Gasteiger partial charge < -0.3 is 4.74 Å². The highest BCUT2D eigenvalue weighted by molar-refractivity contribution is 8.32. The van der Waals surface area contributed by atoms with E-state index in [-0.39, 0.29) is 4.90 Å². The van der Waals surface area contributed by atoms with E-state index < -0.39 is 20.4 Å². The molecule has 35 heavy (non-hydrogen) atoms. The van der Waals surface area contributed by atoms with E-state index in [0.29, 0.717) is 6.61 Å². The predicted octanol–water partition coefficient (Wildman–Crippen LogP) is 7.85. The van der Waals surface area contributed by atoms with Crippen molar-refractivity contribution < 1.29 is 16.8 Å². The van der Waals surface area contributed by atoms with Crippen molar-refractivity contribution in [2.75, 3.05) is 6.61 Å². The van der Waals surface area contributed by atoms with Gasteiger partial charge in [0.1, 0.15) is 10.6 Å². The average molecular weight is 508 g/mol. The molecular weight excluding hydrogens is 476 g/mol. The minimum atomic E-state index is -3.98. The molecule has 4 aromatic rings. The first-order valence-corrected chi connectivity index (χ1v) is 14.7. The van der Waals surface area contributed by atoms with E-state index in [1.54, 1.807) is 24.3 Å². The minimum absolute atomic E-state index is 0.186. The maximum atomic E-state index is 13.7. The Bertz CT molecular complexity index is 1280. The summed E-state index contributed by atoms with van der Waals surface area (Å²) in [7, 11) is -6.49. The Kier molecular flexibility index (Phi) is 7.96. The Balaban J connectivity index is 1.89. The molecule has 0 saturated carbocycles. The van der Waals surface area contributed by atoms with Gasteiger partial charge in [0.25, 0.3) is 0 Å². The van der Waals surface area contributed by atoms with Crippen LogP contribution in [0.1, 0.15) is 25.3 Å². The van der Waals surface area contributed by atoms with Crippen LogP contribution in [0, 0.1) is 6.92 Å². The number of rotatable bonds is 10. The standard InChI is InChI=1S/C29H30O4S2/c1-3-4-23-32-25-17-21-28(22-18-25)34(26-11-7-5-8-12-26,27-13-9-6-10-14-27)33-35(30,31)29-19-15-24(2)16-20-29/h5-22H,3-4,23H2,1-2H3/p+1. The maximum Gasteiger partial charge on any atom is 0.422 e. The molecule has 0 aliphatic carbocycles. The zero-order valence-electron chi connectivity index (χ0n) is 20.0. The first-order valence-electron chi connectivity index (χ1n) is 11.7. The number of aryl methyl sites for hydroxylation is 1. The molecule has 0 heterocycles. The lowest BCUT2D eigenvalue weighted by Crippen LogP contribution is -2.18. The van der Waals surface area contributed by atoms with Crippen LogP contribution in [0.25, 0.3) is 0 Å². The molecule has 4 aromatic carbocycles. The van der Waals surface area contributed by atoms with Gasteiger partial charge in [0.2, 0.25) is 0 Å². The number of hydrogen-bond donors (Lipinski definition) is 0. The molecule has 6 heteroatoms. The summed E-state index contributed by atoms with van der Waals surface area (Å²) in [6, 6.07) is 34.0. The average Bonchev–Trinajstić information content (AvgIpc) is 2.89. The van der Waals surface area contributed by atoms with E-state index in [1.807, 2.05) is 91.9 Å². The van der Waals surface area contributed by atoms with E-state index in [0.717, 1.165) is 38.8 Å². The van der Waals surface area contributed by atoms with Gasteiger partial charge in [-0.1, -0.05) is 67.4 Å². The number of unbranched alkanes of at least 4 members (excludes halogenated alkanes) is 1. The summed E-state index contributed by atoms with van der Waals surface area (Å²) in [5, 5.41) is 0. The third kappa shape index (κ3) is 5.61. The highest BCUT2D eigenvalue weighted by Gasteiger charge is 2.43. The summed E-state index contributed by atoms with van der Waals surface area (Å²) in [5.74, 6) is 0.762. The Morgan fingerprint density at radius 1 is 0.657 bits per heavy atom. The molecule has 0 atom stereocenters. The normalized spacial score (nSPS) is 12.3. The molecule has 0 aliphatic rings. The molecular formula is C29H31O4S2+. The van der Waals surface area contributed by atoms with Crippen LogP contribution in [0.2, 0.25) is 0 Å². The summed E-state index contributed by atoms with van der Waals surface area (Å²) in [6.07, 6.45) is 2.04. The lowest BCUT2D eigenvalue weighted by Gasteiger charge is -2.34. The molecule has 0 saturated heterocycles. The van der Waals surface area contributed by atoms with Crippen LogP contribution in [-0.4, -0.2) is 18.7 Å². The summed E-state index contributed by atoms with van der Waals surface area (Å²) in [6.45, 7) is 4.71. The smallest absolute Gasteiger partial charge is 0.422 e. The highest BCUT2D eigenvalue weighted by atomic mass is 32.3. The van der Waals surface area contributed by atoms with Crippen LogP contribution < -0.4 is 4.74 Å². The zero-order valence-corrected chi connectivity index (χ0v) is 21.6. The fourth-order valence-electron chi connectivity index (χ4n) is 3.74. The quantitative estimate of drug-likeness (QED) is 0.125. The second-order valence-electron chi connectivity index (χ2n) is 8.24. The minimum Gasteiger partial charge on any atom is -0.494 e. The molecule has 0 amide bonds. The molecule has 0 radical (unpaired) electrons. The fraction of sp³-hybridized carbons (Fsp3) is 0.172. The number of ether oxygens (including phenoxy) is 1. The van der Waals surface area contributed by atoms with E-state index in [2.05, 4.69) is 6.92 Å². The van der Waals surface area contributed by atoms with E-state index >= 15 is 0 Å². The third-order valence-corrected chi connectivity index (χ3v) is 11.0. The first kappa shape index (κ1) is 25.0. The van der Waals surface area contributed by atoms with E-state index in [1.165, 1.54) is 0 Å². The Morgan fingerprint density at radius 2 is 1.14 bits per heavy atom. The van der Waals surface area contributed by atoms with Crippen molar-refractivity contribution in [1.82, 2.24) is 0 Å². The monoisotopic (exact) mass is 507 g/mol. The molecule has 0 unspecified atom stereocenters. The number of benzene rings is 4. The van der Waals surface area contributed by atoms with Gasteiger partial charge >= 0.3 is 10.1 Å². The van der Waals surface area contributed by atoms with Gasteiger partial charge in [-0.05, 0) is 74.0 Å². The summed E-state index contributed by atoms with van der Waals surface area (Å²) in [5.41, 5.74) is 0.993. The van der Waals surface area contributed by atoms with Gasteiger partial charge in [-0.15, -0.1) is 8.42 Å². The second-order valence-corrected chi connectivity index (χ2v) is 12.8. The largest absolute Gasteiger partial charge is 0.494 e. The van der Waals surface area contributed by atoms with Crippen molar-refractivity contribution in [3.8, 4) is 5.75 Å².